The molecule has 6 aromatic carbocycles. The van der Waals surface area contributed by atoms with E-state index < -0.39 is 74.8 Å². The van der Waals surface area contributed by atoms with Crippen molar-refractivity contribution in [3.63, 3.8) is 0 Å². The summed E-state index contributed by atoms with van der Waals surface area (Å²) >= 11 is 0. The summed E-state index contributed by atoms with van der Waals surface area (Å²) in [5, 5.41) is -1.18. The van der Waals surface area contributed by atoms with Gasteiger partial charge in [0.05, 0.1) is 10.9 Å². The van der Waals surface area contributed by atoms with Crippen molar-refractivity contribution in [1.82, 2.24) is 0 Å². The highest BCUT2D eigenvalue weighted by atomic mass is 19.3. The zero-order valence-corrected chi connectivity index (χ0v) is 31.1. The number of unbranched alkanes of at least 4 members (excludes halogenated alkanes) is 2. The molecule has 0 fully saturated rings. The summed E-state index contributed by atoms with van der Waals surface area (Å²) in [5.74, 6) is -7.84. The molecule has 6 aromatic rings. The second-order valence-corrected chi connectivity index (χ2v) is 14.7. The van der Waals surface area contributed by atoms with Crippen molar-refractivity contribution in [1.29, 1.82) is 0 Å². The number of halogens is 10. The summed E-state index contributed by atoms with van der Waals surface area (Å²) in [7, 11) is 0. The molecule has 0 saturated heterocycles. The van der Waals surface area contributed by atoms with Gasteiger partial charge in [0.2, 0.25) is 0 Å². The van der Waals surface area contributed by atoms with Crippen LogP contribution in [-0.2, 0) is 17.9 Å². The summed E-state index contributed by atoms with van der Waals surface area (Å²) < 4.78 is 154. The van der Waals surface area contributed by atoms with Gasteiger partial charge >= 0.3 is 6.11 Å². The molecule has 0 bridgehead atoms. The fourth-order valence-electron chi connectivity index (χ4n) is 6.53. The molecule has 6 rings (SSSR count). The third-order valence-electron chi connectivity index (χ3n) is 9.44. The molecule has 0 radical (unpaired) electrons. The molecule has 57 heavy (non-hydrogen) atoms. The summed E-state index contributed by atoms with van der Waals surface area (Å²) in [5.41, 5.74) is -1.56. The molecule has 0 amide bonds. The maximum atomic E-state index is 15.6. The number of aryl methyl sites for hydroxylation is 1. The van der Waals surface area contributed by atoms with Crippen LogP contribution in [0.15, 0.2) is 84.9 Å². The molecule has 0 aromatic heterocycles. The summed E-state index contributed by atoms with van der Waals surface area (Å²) in [6, 6.07) is 16.6. The first kappa shape index (κ1) is 40.9. The third-order valence-corrected chi connectivity index (χ3v) is 9.44. The molecule has 0 aliphatic carbocycles. The van der Waals surface area contributed by atoms with Crippen molar-refractivity contribution in [2.45, 2.75) is 64.9 Å². The Balaban J connectivity index is 1.27. The Bertz CT molecular complexity index is 2540. The fraction of sp³-hybridized carbons (Fsp3) is 0.217. The van der Waals surface area contributed by atoms with Gasteiger partial charge in [-0.15, -0.1) is 0 Å². The van der Waals surface area contributed by atoms with E-state index in [1.54, 1.807) is 26.8 Å². The molecule has 11 heteroatoms. The highest BCUT2D eigenvalue weighted by molar-refractivity contribution is 5.85. The van der Waals surface area contributed by atoms with Crippen molar-refractivity contribution in [3.8, 4) is 39.8 Å². The number of alkyl halides is 2. The van der Waals surface area contributed by atoms with Gasteiger partial charge in [0.1, 0.15) is 40.4 Å². The van der Waals surface area contributed by atoms with E-state index in [2.05, 4.69) is 18.8 Å². The average Bonchev–Trinajstić information content (AvgIpc) is 3.12. The first-order chi connectivity index (χ1) is 26.9. The van der Waals surface area contributed by atoms with Crippen molar-refractivity contribution in [2.75, 3.05) is 0 Å². The smallest absolute Gasteiger partial charge is 0.429 e. The molecule has 0 aliphatic rings. The van der Waals surface area contributed by atoms with Crippen LogP contribution in [0, 0.1) is 58.4 Å². The van der Waals surface area contributed by atoms with Gasteiger partial charge in [-0.2, -0.15) is 8.78 Å². The van der Waals surface area contributed by atoms with E-state index >= 15 is 26.3 Å². The van der Waals surface area contributed by atoms with Crippen LogP contribution in [0.25, 0.3) is 33.0 Å². The normalized spacial score (nSPS) is 11.8. The zero-order valence-electron chi connectivity index (χ0n) is 31.1. The monoisotopic (exact) mass is 792 g/mol. The Morgan fingerprint density at radius 2 is 1.23 bits per heavy atom. The minimum atomic E-state index is -4.70. The lowest BCUT2D eigenvalue weighted by Crippen LogP contribution is -2.26. The average molecular weight is 793 g/mol. The molecule has 0 heterocycles. The first-order valence-corrected chi connectivity index (χ1v) is 18.0. The minimum absolute atomic E-state index is 0.000600. The zero-order chi connectivity index (χ0) is 41.4. The Morgan fingerprint density at radius 3 is 1.86 bits per heavy atom. The van der Waals surface area contributed by atoms with Gasteiger partial charge in [-0.05, 0) is 93.9 Å². The van der Waals surface area contributed by atoms with Gasteiger partial charge in [0.15, 0.2) is 17.5 Å². The maximum absolute atomic E-state index is 15.6. The molecule has 0 saturated carbocycles. The van der Waals surface area contributed by atoms with E-state index in [0.29, 0.717) is 35.4 Å². The van der Waals surface area contributed by atoms with E-state index in [0.717, 1.165) is 49.4 Å². The van der Waals surface area contributed by atoms with E-state index in [1.165, 1.54) is 12.1 Å². The highest BCUT2D eigenvalue weighted by Gasteiger charge is 2.42. The van der Waals surface area contributed by atoms with Crippen LogP contribution < -0.4 is 4.74 Å². The number of ether oxygens (including phenoxy) is 1. The Labute approximate surface area is 322 Å². The second-order valence-electron chi connectivity index (χ2n) is 14.7. The van der Waals surface area contributed by atoms with Crippen molar-refractivity contribution in [3.05, 3.63) is 159 Å². The van der Waals surface area contributed by atoms with Crippen LogP contribution in [0.1, 0.15) is 74.8 Å². The highest BCUT2D eigenvalue weighted by Crippen LogP contribution is 2.40. The lowest BCUT2D eigenvalue weighted by molar-refractivity contribution is -0.189. The number of rotatable bonds is 9. The second kappa shape index (κ2) is 16.0. The van der Waals surface area contributed by atoms with Crippen LogP contribution in [0.3, 0.4) is 0 Å². The van der Waals surface area contributed by atoms with E-state index in [4.69, 9.17) is 4.74 Å². The van der Waals surface area contributed by atoms with Gasteiger partial charge in [-0.25, -0.2) is 35.1 Å². The van der Waals surface area contributed by atoms with E-state index in [9.17, 15) is 17.6 Å². The Kier molecular flexibility index (Phi) is 11.5. The van der Waals surface area contributed by atoms with Crippen molar-refractivity contribution < 1.29 is 48.6 Å². The lowest BCUT2D eigenvalue weighted by atomic mass is 9.83. The predicted molar refractivity (Wildman–Crippen MR) is 200 cm³/mol. The van der Waals surface area contributed by atoms with Gasteiger partial charge in [0.25, 0.3) is 0 Å². The van der Waals surface area contributed by atoms with Crippen molar-refractivity contribution in [2.24, 2.45) is 0 Å². The van der Waals surface area contributed by atoms with E-state index in [1.807, 2.05) is 24.3 Å². The van der Waals surface area contributed by atoms with Crippen molar-refractivity contribution >= 4 is 10.8 Å². The fourth-order valence-corrected chi connectivity index (χ4v) is 6.53. The predicted octanol–water partition coefficient (Wildman–Crippen LogP) is 13.8. The molecule has 0 unspecified atom stereocenters. The Morgan fingerprint density at radius 1 is 0.579 bits per heavy atom. The minimum Gasteiger partial charge on any atom is -0.429 e. The number of benzene rings is 6. The first-order valence-electron chi connectivity index (χ1n) is 18.0. The van der Waals surface area contributed by atoms with Crippen LogP contribution in [-0.4, -0.2) is 0 Å². The van der Waals surface area contributed by atoms with Gasteiger partial charge in [-0.3, -0.25) is 0 Å². The molecule has 0 aliphatic heterocycles. The number of hydrogen-bond donors (Lipinski definition) is 0. The van der Waals surface area contributed by atoms with Crippen LogP contribution >= 0.6 is 0 Å². The van der Waals surface area contributed by atoms with Gasteiger partial charge in [-0.1, -0.05) is 88.8 Å². The maximum Gasteiger partial charge on any atom is 0.432 e. The van der Waals surface area contributed by atoms with Gasteiger partial charge in [0, 0.05) is 17.2 Å². The molecule has 0 N–H and O–H groups in total. The topological polar surface area (TPSA) is 9.23 Å². The summed E-state index contributed by atoms with van der Waals surface area (Å²) in [6.07, 6.45) is -0.536. The van der Waals surface area contributed by atoms with Gasteiger partial charge < -0.3 is 4.74 Å². The lowest BCUT2D eigenvalue weighted by Gasteiger charge is -2.24. The molecule has 0 spiro atoms. The van der Waals surface area contributed by atoms with Crippen LogP contribution in [0.5, 0.6) is 5.75 Å². The molecular formula is C46H34F10O. The van der Waals surface area contributed by atoms with Crippen LogP contribution in [0.4, 0.5) is 43.9 Å². The summed E-state index contributed by atoms with van der Waals surface area (Å²) in [6.45, 7) is 6.86. The summed E-state index contributed by atoms with van der Waals surface area (Å²) in [4.78, 5) is 0. The Hall–Kier alpha value is -5.76. The molecule has 0 atom stereocenters. The third kappa shape index (κ3) is 8.65. The molecular weight excluding hydrogens is 758 g/mol. The number of hydrogen-bond acceptors (Lipinski definition) is 1. The number of fused-ring (bicyclic) bond motifs is 1. The largest absolute Gasteiger partial charge is 0.432 e. The van der Waals surface area contributed by atoms with Crippen LogP contribution in [0.2, 0.25) is 0 Å². The molecule has 294 valence electrons. The standard InChI is InChI=1S/C46H34F10O/c1-5-6-7-8-25-9-12-27(13-10-25)28-14-16-32(35(47)19-28)29-20-38(50)42(39(51)21-29)46(55,56)57-31-23-34(45(2,3)4)33(36(48)24-31)15-11-26-17-30-22-40(52)43(53)44(54)41(30)37(49)18-26/h9-10,12-14,16-24H,5-8H2,1-4H3. The molecule has 1 nitrogen and oxygen atoms in total. The van der Waals surface area contributed by atoms with E-state index in [-0.39, 0.29) is 33.2 Å². The quantitative estimate of drug-likeness (QED) is 0.0613. The SMILES string of the molecule is CCCCCc1ccc(-c2ccc(-c3cc(F)c(C(F)(F)Oc4cc(F)c(C#Cc5cc(F)c6c(F)c(F)c(F)cc6c5)c(C(C)(C)C)c4)c(F)c3)c(F)c2)cc1.